The summed E-state index contributed by atoms with van der Waals surface area (Å²) in [5.74, 6) is 0.496. The highest BCUT2D eigenvalue weighted by molar-refractivity contribution is 7.86. The number of ether oxygens (including phenoxy) is 1. The summed E-state index contributed by atoms with van der Waals surface area (Å²) in [6, 6.07) is 14.4. The van der Waals surface area contributed by atoms with Gasteiger partial charge in [-0.25, -0.2) is 0 Å². The molecule has 30 heavy (non-hydrogen) atoms. The van der Waals surface area contributed by atoms with Crippen molar-refractivity contribution in [3.8, 4) is 5.75 Å². The Hall–Kier alpha value is -2.42. The number of nitrogens with one attached hydrogen (secondary N) is 1. The van der Waals surface area contributed by atoms with Gasteiger partial charge in [-0.3, -0.25) is 4.79 Å². The summed E-state index contributed by atoms with van der Waals surface area (Å²) in [4.78, 5) is 13.4. The van der Waals surface area contributed by atoms with E-state index in [9.17, 15) is 13.2 Å². The fraction of sp³-hybridized carbons (Fsp3) is 0.409. The molecule has 0 aliphatic carbocycles. The van der Waals surface area contributed by atoms with E-state index in [0.29, 0.717) is 31.8 Å². The maximum atomic E-state index is 13.6. The third-order valence-corrected chi connectivity index (χ3v) is 8.64. The average Bonchev–Trinajstić information content (AvgIpc) is 3.48. The highest BCUT2D eigenvalue weighted by atomic mass is 32.2. The van der Waals surface area contributed by atoms with Gasteiger partial charge in [-0.2, -0.15) is 17.0 Å². The van der Waals surface area contributed by atoms with Crippen molar-refractivity contribution in [3.63, 3.8) is 0 Å². The summed E-state index contributed by atoms with van der Waals surface area (Å²) in [6.45, 7) is 1.35. The third kappa shape index (κ3) is 2.71. The molecule has 2 atom stereocenters. The second kappa shape index (κ2) is 7.08. The lowest BCUT2D eigenvalue weighted by molar-refractivity contribution is -0.121. The van der Waals surface area contributed by atoms with Gasteiger partial charge in [0.2, 0.25) is 5.91 Å². The Morgan fingerprint density at radius 1 is 1.07 bits per heavy atom. The first kappa shape index (κ1) is 19.5. The molecule has 8 heteroatoms. The number of amides is 1. The number of benzene rings is 2. The zero-order valence-corrected chi connectivity index (χ0v) is 17.7. The zero-order valence-electron chi connectivity index (χ0n) is 16.9. The van der Waals surface area contributed by atoms with Gasteiger partial charge in [0, 0.05) is 25.3 Å². The lowest BCUT2D eigenvalue weighted by Gasteiger charge is -2.35. The Bertz CT molecular complexity index is 1100. The van der Waals surface area contributed by atoms with E-state index >= 15 is 0 Å². The summed E-state index contributed by atoms with van der Waals surface area (Å²) in [5, 5.41) is 2.99. The van der Waals surface area contributed by atoms with Crippen LogP contribution in [0.25, 0.3) is 0 Å². The molecule has 1 N–H and O–H groups in total. The molecule has 2 aromatic carbocycles. The van der Waals surface area contributed by atoms with Crippen molar-refractivity contribution >= 4 is 21.8 Å². The number of fused-ring (bicyclic) bond motifs is 2. The molecule has 0 aromatic heterocycles. The largest absolute Gasteiger partial charge is 0.497 e. The van der Waals surface area contributed by atoms with Crippen molar-refractivity contribution in [1.29, 1.82) is 0 Å². The van der Waals surface area contributed by atoms with Gasteiger partial charge in [-0.1, -0.05) is 30.3 Å². The average molecular weight is 428 g/mol. The molecule has 0 saturated carbocycles. The highest BCUT2D eigenvalue weighted by Crippen LogP contribution is 2.56. The maximum absolute atomic E-state index is 13.6. The van der Waals surface area contributed by atoms with Gasteiger partial charge in [-0.15, -0.1) is 0 Å². The smallest absolute Gasteiger partial charge is 0.282 e. The minimum absolute atomic E-state index is 0.143. The van der Waals surface area contributed by atoms with Crippen LogP contribution in [0.4, 0.5) is 5.69 Å². The molecular formula is C22H25N3O4S. The lowest BCUT2D eigenvalue weighted by atomic mass is 9.73. The van der Waals surface area contributed by atoms with Gasteiger partial charge < -0.3 is 10.1 Å². The van der Waals surface area contributed by atoms with Crippen molar-refractivity contribution in [2.75, 3.05) is 32.1 Å². The van der Waals surface area contributed by atoms with E-state index < -0.39 is 21.7 Å². The van der Waals surface area contributed by atoms with Crippen LogP contribution in [-0.2, 0) is 20.4 Å². The molecule has 0 radical (unpaired) electrons. The second-order valence-electron chi connectivity index (χ2n) is 8.12. The molecule has 0 bridgehead atoms. The van der Waals surface area contributed by atoms with Crippen molar-refractivity contribution in [3.05, 3.63) is 59.7 Å². The minimum Gasteiger partial charge on any atom is -0.497 e. The van der Waals surface area contributed by atoms with Crippen LogP contribution < -0.4 is 10.1 Å². The summed E-state index contributed by atoms with van der Waals surface area (Å²) >= 11 is 0. The molecule has 3 heterocycles. The fourth-order valence-corrected chi connectivity index (χ4v) is 7.14. The van der Waals surface area contributed by atoms with Crippen LogP contribution in [0.1, 0.15) is 36.4 Å². The maximum Gasteiger partial charge on any atom is 0.282 e. The highest BCUT2D eigenvalue weighted by Gasteiger charge is 2.61. The normalized spacial score (nSPS) is 26.8. The molecule has 2 saturated heterocycles. The van der Waals surface area contributed by atoms with Gasteiger partial charge in [-0.05, 0) is 48.6 Å². The number of rotatable bonds is 4. The van der Waals surface area contributed by atoms with Crippen LogP contribution in [-0.4, -0.2) is 49.7 Å². The summed E-state index contributed by atoms with van der Waals surface area (Å²) < 4.78 is 35.7. The monoisotopic (exact) mass is 427 g/mol. The predicted octanol–water partition coefficient (Wildman–Crippen LogP) is 2.67. The van der Waals surface area contributed by atoms with Crippen molar-refractivity contribution in [1.82, 2.24) is 8.61 Å². The van der Waals surface area contributed by atoms with Crippen molar-refractivity contribution in [2.24, 2.45) is 0 Å². The lowest BCUT2D eigenvalue weighted by Crippen LogP contribution is -2.46. The number of carbonyl (C=O) groups is 1. The van der Waals surface area contributed by atoms with Gasteiger partial charge in [0.1, 0.15) is 5.75 Å². The van der Waals surface area contributed by atoms with E-state index in [0.717, 1.165) is 29.7 Å². The summed E-state index contributed by atoms with van der Waals surface area (Å²) in [6.07, 6.45) is 2.17. The predicted molar refractivity (Wildman–Crippen MR) is 114 cm³/mol. The molecular weight excluding hydrogens is 402 g/mol. The Morgan fingerprint density at radius 3 is 2.60 bits per heavy atom. The number of hydrogen-bond donors (Lipinski definition) is 1. The second-order valence-corrected chi connectivity index (χ2v) is 10.0. The van der Waals surface area contributed by atoms with E-state index in [1.807, 2.05) is 48.5 Å². The Morgan fingerprint density at radius 2 is 1.83 bits per heavy atom. The van der Waals surface area contributed by atoms with E-state index in [2.05, 4.69) is 5.32 Å². The Labute approximate surface area is 176 Å². The molecule has 1 amide bonds. The number of anilines is 1. The Kier molecular flexibility index (Phi) is 4.61. The van der Waals surface area contributed by atoms with Crippen LogP contribution in [0, 0.1) is 0 Å². The van der Waals surface area contributed by atoms with Gasteiger partial charge >= 0.3 is 0 Å². The van der Waals surface area contributed by atoms with Crippen LogP contribution >= 0.6 is 0 Å². The zero-order chi connectivity index (χ0) is 20.9. The van der Waals surface area contributed by atoms with Gasteiger partial charge in [0.15, 0.2) is 0 Å². The van der Waals surface area contributed by atoms with Crippen LogP contribution in [0.3, 0.4) is 0 Å². The quantitative estimate of drug-likeness (QED) is 0.814. The molecule has 0 unspecified atom stereocenters. The topological polar surface area (TPSA) is 79.0 Å². The molecule has 5 rings (SSSR count). The van der Waals surface area contributed by atoms with Crippen LogP contribution in [0.15, 0.2) is 48.5 Å². The Balaban J connectivity index is 1.70. The fourth-order valence-electron chi connectivity index (χ4n) is 5.23. The first-order valence-corrected chi connectivity index (χ1v) is 11.7. The van der Waals surface area contributed by atoms with E-state index in [4.69, 9.17) is 4.74 Å². The van der Waals surface area contributed by atoms with Crippen molar-refractivity contribution < 1.29 is 17.9 Å². The van der Waals surface area contributed by atoms with Gasteiger partial charge in [0.25, 0.3) is 10.2 Å². The van der Waals surface area contributed by atoms with Crippen molar-refractivity contribution in [2.45, 2.75) is 30.7 Å². The molecule has 3 aliphatic rings. The number of hydrogen-bond acceptors (Lipinski definition) is 4. The first-order valence-electron chi connectivity index (χ1n) is 10.3. The first-order chi connectivity index (χ1) is 14.5. The van der Waals surface area contributed by atoms with E-state index in [1.54, 1.807) is 11.4 Å². The number of para-hydroxylation sites is 1. The number of methoxy groups -OCH3 is 1. The summed E-state index contributed by atoms with van der Waals surface area (Å²) in [5.41, 5.74) is 1.43. The van der Waals surface area contributed by atoms with Gasteiger partial charge in [0.05, 0.1) is 18.6 Å². The van der Waals surface area contributed by atoms with Crippen LogP contribution in [0.5, 0.6) is 5.75 Å². The third-order valence-electron chi connectivity index (χ3n) is 6.64. The SMILES string of the molecule is COc1cccc([C@@H]2N(S(=O)(=O)N3CCCC3)CC[C@]23C(=O)Nc2ccccc23)c1. The van der Waals surface area contributed by atoms with Crippen LogP contribution in [0.2, 0.25) is 0 Å². The number of nitrogens with zero attached hydrogens (tertiary/aromatic N) is 2. The molecule has 2 aromatic rings. The minimum atomic E-state index is -3.70. The molecule has 1 spiro atoms. The van der Waals surface area contributed by atoms with E-state index in [1.165, 1.54) is 4.31 Å². The number of carbonyl (C=O) groups excluding carboxylic acids is 1. The summed E-state index contributed by atoms with van der Waals surface area (Å²) in [7, 11) is -2.12. The molecule has 7 nitrogen and oxygen atoms in total. The standard InChI is InChI=1S/C22H25N3O4S/c1-29-17-8-6-7-16(15-17)20-22(18-9-2-3-10-19(18)23-21(22)26)11-14-25(20)30(27,28)24-12-4-5-13-24/h2-3,6-10,15,20H,4-5,11-14H2,1H3,(H,23,26)/t20-,22+/m0/s1. The molecule has 2 fully saturated rings. The molecule has 158 valence electrons. The molecule has 3 aliphatic heterocycles. The van der Waals surface area contributed by atoms with E-state index in [-0.39, 0.29) is 5.91 Å².